The minimum absolute atomic E-state index is 0.197. The van der Waals surface area contributed by atoms with Crippen molar-refractivity contribution in [3.63, 3.8) is 0 Å². The Morgan fingerprint density at radius 1 is 0.778 bits per heavy atom. The fourth-order valence-corrected chi connectivity index (χ4v) is 2.08. The quantitative estimate of drug-likeness (QED) is 0.554. The third kappa shape index (κ3) is 11.4. The van der Waals surface area contributed by atoms with Crippen LogP contribution in [0.5, 0.6) is 0 Å². The molecule has 0 radical (unpaired) electrons. The number of carboxylic acids is 2. The first-order chi connectivity index (χ1) is 8.33. The molecule has 0 unspecified atom stereocenters. The molecule has 0 spiro atoms. The first kappa shape index (κ1) is 16.9. The summed E-state index contributed by atoms with van der Waals surface area (Å²) in [5, 5.41) is 17.1. The summed E-state index contributed by atoms with van der Waals surface area (Å²) in [5.41, 5.74) is 0.197. The van der Waals surface area contributed by atoms with Crippen LogP contribution in [0.15, 0.2) is 0 Å². The van der Waals surface area contributed by atoms with Gasteiger partial charge in [-0.2, -0.15) is 0 Å². The molecule has 0 amide bonds. The molecule has 0 aromatic carbocycles. The molecule has 0 aromatic rings. The molecular formula is C14H26O4. The van der Waals surface area contributed by atoms with Crippen molar-refractivity contribution < 1.29 is 19.8 Å². The third-order valence-corrected chi connectivity index (χ3v) is 3.24. The molecule has 18 heavy (non-hydrogen) atoms. The van der Waals surface area contributed by atoms with Gasteiger partial charge in [0.05, 0.1) is 0 Å². The van der Waals surface area contributed by atoms with Gasteiger partial charge in [-0.3, -0.25) is 9.59 Å². The Bertz CT molecular complexity index is 259. The second-order valence-electron chi connectivity index (χ2n) is 5.72. The molecule has 4 nitrogen and oxygen atoms in total. The van der Waals surface area contributed by atoms with Gasteiger partial charge in [0, 0.05) is 12.8 Å². The third-order valence-electron chi connectivity index (χ3n) is 3.24. The van der Waals surface area contributed by atoms with Gasteiger partial charge in [0.2, 0.25) is 0 Å². The molecule has 2 N–H and O–H groups in total. The molecule has 0 aliphatic rings. The lowest BCUT2D eigenvalue weighted by atomic mass is 9.82. The SMILES string of the molecule is CC(C)(CCCCCCC(=O)O)CCCC(=O)O. The Morgan fingerprint density at radius 3 is 1.78 bits per heavy atom. The van der Waals surface area contributed by atoms with E-state index in [1.54, 1.807) is 0 Å². The zero-order chi connectivity index (χ0) is 14.0. The molecule has 106 valence electrons. The fraction of sp³-hybridized carbons (Fsp3) is 0.857. The van der Waals surface area contributed by atoms with E-state index in [1.807, 2.05) is 0 Å². The summed E-state index contributed by atoms with van der Waals surface area (Å²) in [5.74, 6) is -1.44. The maximum absolute atomic E-state index is 10.4. The molecule has 0 bridgehead atoms. The first-order valence-electron chi connectivity index (χ1n) is 6.77. The minimum atomic E-state index is -0.723. The van der Waals surface area contributed by atoms with Crippen LogP contribution in [0, 0.1) is 5.41 Å². The first-order valence-corrected chi connectivity index (χ1v) is 6.77. The lowest BCUT2D eigenvalue weighted by Gasteiger charge is -2.24. The lowest BCUT2D eigenvalue weighted by Crippen LogP contribution is -2.12. The predicted molar refractivity (Wildman–Crippen MR) is 70.6 cm³/mol. The van der Waals surface area contributed by atoms with Crippen LogP contribution in [-0.2, 0) is 9.59 Å². The Morgan fingerprint density at radius 2 is 1.22 bits per heavy atom. The van der Waals surface area contributed by atoms with E-state index in [1.165, 1.54) is 0 Å². The Hall–Kier alpha value is -1.06. The standard InChI is InChI=1S/C14H26O4/c1-14(2,11-7-9-13(17)18)10-6-4-3-5-8-12(15)16/h3-11H2,1-2H3,(H,15,16)(H,17,18). The van der Waals surface area contributed by atoms with Crippen LogP contribution in [0.25, 0.3) is 0 Å². The van der Waals surface area contributed by atoms with Crippen LogP contribution >= 0.6 is 0 Å². The van der Waals surface area contributed by atoms with E-state index in [-0.39, 0.29) is 18.3 Å². The zero-order valence-electron chi connectivity index (χ0n) is 11.6. The van der Waals surface area contributed by atoms with Gasteiger partial charge in [0.15, 0.2) is 0 Å². The summed E-state index contributed by atoms with van der Waals surface area (Å²) in [6.07, 6.45) is 7.17. The van der Waals surface area contributed by atoms with Crippen LogP contribution in [0.1, 0.15) is 71.6 Å². The van der Waals surface area contributed by atoms with Crippen LogP contribution in [0.3, 0.4) is 0 Å². The topological polar surface area (TPSA) is 74.6 Å². The van der Waals surface area contributed by atoms with Crippen molar-refractivity contribution in [1.29, 1.82) is 0 Å². The van der Waals surface area contributed by atoms with Gasteiger partial charge in [0.1, 0.15) is 0 Å². The average Bonchev–Trinajstić information content (AvgIpc) is 2.21. The Kier molecular flexibility index (Phi) is 8.42. The largest absolute Gasteiger partial charge is 0.481 e. The molecule has 0 fully saturated rings. The van der Waals surface area contributed by atoms with Gasteiger partial charge in [-0.05, 0) is 31.1 Å². The highest BCUT2D eigenvalue weighted by Crippen LogP contribution is 2.29. The number of rotatable bonds is 11. The van der Waals surface area contributed by atoms with E-state index in [0.717, 1.165) is 44.9 Å². The van der Waals surface area contributed by atoms with Gasteiger partial charge in [-0.15, -0.1) is 0 Å². The van der Waals surface area contributed by atoms with E-state index < -0.39 is 11.9 Å². The van der Waals surface area contributed by atoms with Crippen LogP contribution in [0.4, 0.5) is 0 Å². The monoisotopic (exact) mass is 258 g/mol. The molecule has 0 aromatic heterocycles. The van der Waals surface area contributed by atoms with Crippen molar-refractivity contribution in [3.8, 4) is 0 Å². The molecular weight excluding hydrogens is 232 g/mol. The molecule has 0 aliphatic heterocycles. The number of carboxylic acid groups (broad SMARTS) is 2. The zero-order valence-corrected chi connectivity index (χ0v) is 11.6. The molecule has 0 heterocycles. The van der Waals surface area contributed by atoms with Crippen molar-refractivity contribution in [2.75, 3.05) is 0 Å². The Balaban J connectivity index is 3.51. The number of hydrogen-bond acceptors (Lipinski definition) is 2. The van der Waals surface area contributed by atoms with Crippen LogP contribution < -0.4 is 0 Å². The van der Waals surface area contributed by atoms with Crippen molar-refractivity contribution >= 4 is 11.9 Å². The normalized spacial score (nSPS) is 11.4. The molecule has 0 atom stereocenters. The van der Waals surface area contributed by atoms with Gasteiger partial charge in [0.25, 0.3) is 0 Å². The lowest BCUT2D eigenvalue weighted by molar-refractivity contribution is -0.138. The second kappa shape index (κ2) is 8.95. The van der Waals surface area contributed by atoms with Gasteiger partial charge in [-0.25, -0.2) is 0 Å². The number of carbonyl (C=O) groups is 2. The second-order valence-corrected chi connectivity index (χ2v) is 5.72. The van der Waals surface area contributed by atoms with Crippen LogP contribution in [0.2, 0.25) is 0 Å². The highest BCUT2D eigenvalue weighted by molar-refractivity contribution is 5.66. The fourth-order valence-electron chi connectivity index (χ4n) is 2.08. The summed E-state index contributed by atoms with van der Waals surface area (Å²) in [4.78, 5) is 20.7. The molecule has 0 rings (SSSR count). The summed E-state index contributed by atoms with van der Waals surface area (Å²) < 4.78 is 0. The van der Waals surface area contributed by atoms with E-state index >= 15 is 0 Å². The number of unbranched alkanes of at least 4 members (excludes halogenated alkanes) is 3. The maximum atomic E-state index is 10.4. The van der Waals surface area contributed by atoms with E-state index in [2.05, 4.69) is 13.8 Å². The summed E-state index contributed by atoms with van der Waals surface area (Å²) in [7, 11) is 0. The smallest absolute Gasteiger partial charge is 0.303 e. The molecule has 0 aliphatic carbocycles. The van der Waals surface area contributed by atoms with Crippen molar-refractivity contribution in [1.82, 2.24) is 0 Å². The highest BCUT2D eigenvalue weighted by atomic mass is 16.4. The molecule has 0 saturated heterocycles. The Labute approximate surface area is 109 Å². The molecule has 4 heteroatoms. The van der Waals surface area contributed by atoms with Crippen molar-refractivity contribution in [3.05, 3.63) is 0 Å². The maximum Gasteiger partial charge on any atom is 0.303 e. The van der Waals surface area contributed by atoms with Gasteiger partial charge >= 0.3 is 11.9 Å². The number of hydrogen-bond donors (Lipinski definition) is 2. The number of aliphatic carboxylic acids is 2. The summed E-state index contributed by atoms with van der Waals surface area (Å²) >= 11 is 0. The molecule has 0 saturated carbocycles. The predicted octanol–water partition coefficient (Wildman–Crippen LogP) is 3.69. The highest BCUT2D eigenvalue weighted by Gasteiger charge is 2.17. The van der Waals surface area contributed by atoms with E-state index in [0.29, 0.717) is 0 Å². The van der Waals surface area contributed by atoms with E-state index in [4.69, 9.17) is 10.2 Å². The van der Waals surface area contributed by atoms with E-state index in [9.17, 15) is 9.59 Å². The van der Waals surface area contributed by atoms with Crippen LogP contribution in [-0.4, -0.2) is 22.2 Å². The summed E-state index contributed by atoms with van der Waals surface area (Å²) in [6, 6.07) is 0. The minimum Gasteiger partial charge on any atom is -0.481 e. The van der Waals surface area contributed by atoms with Crippen molar-refractivity contribution in [2.45, 2.75) is 71.6 Å². The summed E-state index contributed by atoms with van der Waals surface area (Å²) in [6.45, 7) is 4.35. The van der Waals surface area contributed by atoms with Gasteiger partial charge < -0.3 is 10.2 Å². The van der Waals surface area contributed by atoms with Crippen molar-refractivity contribution in [2.24, 2.45) is 5.41 Å². The van der Waals surface area contributed by atoms with Gasteiger partial charge in [-0.1, -0.05) is 33.1 Å². The average molecular weight is 258 g/mol.